The van der Waals surface area contributed by atoms with Crippen molar-refractivity contribution in [2.75, 3.05) is 38.7 Å². The van der Waals surface area contributed by atoms with Gasteiger partial charge in [-0.1, -0.05) is 5.11 Å². The number of halogens is 2. The number of azo groups is 1. The molecule has 2 amide bonds. The number of rotatable bonds is 9. The number of hydrogen-bond donors (Lipinski definition) is 3. The summed E-state index contributed by atoms with van der Waals surface area (Å²) in [5.74, 6) is -2.70. The molecule has 2 aromatic heterocycles. The first kappa shape index (κ1) is 31.0. The number of methoxy groups -OCH3 is 1. The number of aromatic carboxylic acids is 1. The molecule has 1 aliphatic carbocycles. The number of carboxylic acids is 1. The predicted octanol–water partition coefficient (Wildman–Crippen LogP) is 4.74. The molecule has 1 saturated heterocycles. The molecular formula is C31H33F2N7O6. The molecule has 242 valence electrons. The number of likely N-dealkylation sites (N-methyl/N-ethyl adjacent to an activating group) is 1. The van der Waals surface area contributed by atoms with Gasteiger partial charge in [-0.05, 0) is 57.0 Å². The Hall–Kier alpha value is -5.05. The van der Waals surface area contributed by atoms with E-state index in [1.54, 1.807) is 9.13 Å². The largest absolute Gasteiger partial charge is 0.493 e. The number of pyridine rings is 1. The van der Waals surface area contributed by atoms with Gasteiger partial charge in [-0.25, -0.2) is 18.4 Å². The van der Waals surface area contributed by atoms with E-state index in [-0.39, 0.29) is 52.4 Å². The Morgan fingerprint density at radius 2 is 1.93 bits per heavy atom. The number of hydrogen-bond acceptors (Lipinski definition) is 8. The van der Waals surface area contributed by atoms with E-state index in [1.807, 2.05) is 11.9 Å². The number of aromatic nitrogens is 2. The van der Waals surface area contributed by atoms with E-state index in [0.29, 0.717) is 30.7 Å². The Balaban J connectivity index is 1.29. The molecule has 4 aromatic rings. The van der Waals surface area contributed by atoms with Gasteiger partial charge >= 0.3 is 12.0 Å². The fourth-order valence-electron chi connectivity index (χ4n) is 6.40. The van der Waals surface area contributed by atoms with Crippen molar-refractivity contribution in [3.63, 3.8) is 0 Å². The van der Waals surface area contributed by atoms with E-state index < -0.39 is 34.6 Å². The highest BCUT2D eigenvalue weighted by molar-refractivity contribution is 5.97. The standard InChI is InChI=1S/C31H33F2N7O6/c1-37(10-11-39-23-8-5-16(32)12-19(23)24(29(39)42)35-36-31(34)45)18-4-3-9-38(14-18)26-22(33)13-20-25(28(26)46-2)40(17-6-7-17)15-21(27(20)41)30(43)44/h5,8,12-13,15,17-18,42H,3-4,6-7,9-11,14H2,1-2H3,(H2,34,45)(H,43,44). The summed E-state index contributed by atoms with van der Waals surface area (Å²) in [5.41, 5.74) is 4.90. The summed E-state index contributed by atoms with van der Waals surface area (Å²) in [6, 6.07) is 3.97. The molecular weight excluding hydrogens is 604 g/mol. The molecule has 3 heterocycles. The molecule has 13 nitrogen and oxygen atoms in total. The highest BCUT2D eigenvalue weighted by Crippen LogP contribution is 2.44. The third-order valence-corrected chi connectivity index (χ3v) is 8.81. The van der Waals surface area contributed by atoms with Crippen LogP contribution < -0.4 is 20.8 Å². The molecule has 2 aromatic carbocycles. The molecule has 0 radical (unpaired) electrons. The van der Waals surface area contributed by atoms with Gasteiger partial charge in [0.05, 0.1) is 23.5 Å². The quantitative estimate of drug-likeness (QED) is 0.221. The average molecular weight is 638 g/mol. The zero-order chi connectivity index (χ0) is 32.9. The second kappa shape index (κ2) is 12.0. The fraction of sp³-hybridized carbons (Fsp3) is 0.387. The molecule has 1 unspecified atom stereocenters. The van der Waals surface area contributed by atoms with Crippen LogP contribution in [0.1, 0.15) is 42.1 Å². The lowest BCUT2D eigenvalue weighted by Crippen LogP contribution is -2.47. The van der Waals surface area contributed by atoms with Crippen molar-refractivity contribution in [1.29, 1.82) is 0 Å². The first-order chi connectivity index (χ1) is 22.0. The summed E-state index contributed by atoms with van der Waals surface area (Å²) in [5, 5.41) is 27.8. The Morgan fingerprint density at radius 3 is 2.61 bits per heavy atom. The van der Waals surface area contributed by atoms with E-state index in [9.17, 15) is 29.0 Å². The average Bonchev–Trinajstić information content (AvgIpc) is 3.83. The van der Waals surface area contributed by atoms with Gasteiger partial charge in [0, 0.05) is 49.8 Å². The van der Waals surface area contributed by atoms with Crippen molar-refractivity contribution >= 4 is 45.2 Å². The smallest absolute Gasteiger partial charge is 0.356 e. The van der Waals surface area contributed by atoms with Gasteiger partial charge in [-0.2, -0.15) is 0 Å². The van der Waals surface area contributed by atoms with Crippen LogP contribution in [0, 0.1) is 11.6 Å². The minimum atomic E-state index is -1.37. The summed E-state index contributed by atoms with van der Waals surface area (Å²) >= 11 is 0. The monoisotopic (exact) mass is 637 g/mol. The Labute approximate surface area is 261 Å². The van der Waals surface area contributed by atoms with Crippen LogP contribution >= 0.6 is 0 Å². The number of carbonyl (C=O) groups excluding carboxylic acids is 1. The summed E-state index contributed by atoms with van der Waals surface area (Å²) in [7, 11) is 3.32. The molecule has 1 saturated carbocycles. The fourth-order valence-corrected chi connectivity index (χ4v) is 6.40. The number of ether oxygens (including phenoxy) is 1. The highest BCUT2D eigenvalue weighted by Gasteiger charge is 2.33. The maximum atomic E-state index is 15.9. The van der Waals surface area contributed by atoms with Gasteiger partial charge in [-0.15, -0.1) is 5.11 Å². The van der Waals surface area contributed by atoms with Crippen molar-refractivity contribution in [2.45, 2.75) is 44.3 Å². The molecule has 46 heavy (non-hydrogen) atoms. The van der Waals surface area contributed by atoms with Crippen LogP contribution in [0.25, 0.3) is 21.8 Å². The van der Waals surface area contributed by atoms with Crippen LogP contribution in [0.2, 0.25) is 0 Å². The van der Waals surface area contributed by atoms with Crippen LogP contribution in [0.15, 0.2) is 45.5 Å². The summed E-state index contributed by atoms with van der Waals surface area (Å²) in [6.45, 7) is 1.68. The van der Waals surface area contributed by atoms with Crippen LogP contribution in [-0.2, 0) is 6.54 Å². The van der Waals surface area contributed by atoms with Crippen LogP contribution in [0.4, 0.5) is 25.0 Å². The molecule has 1 aliphatic heterocycles. The van der Waals surface area contributed by atoms with E-state index in [2.05, 4.69) is 15.1 Å². The predicted molar refractivity (Wildman–Crippen MR) is 165 cm³/mol. The molecule has 15 heteroatoms. The van der Waals surface area contributed by atoms with Crippen molar-refractivity contribution in [2.24, 2.45) is 16.0 Å². The second-order valence-electron chi connectivity index (χ2n) is 11.7. The summed E-state index contributed by atoms with van der Waals surface area (Å²) in [6.07, 6.45) is 4.48. The molecule has 2 fully saturated rings. The van der Waals surface area contributed by atoms with Gasteiger partial charge in [0.25, 0.3) is 0 Å². The minimum Gasteiger partial charge on any atom is -0.493 e. The zero-order valence-electron chi connectivity index (χ0n) is 25.2. The number of carboxylic acid groups (broad SMARTS) is 1. The number of nitrogens with two attached hydrogens (primary N) is 1. The van der Waals surface area contributed by atoms with Gasteiger partial charge < -0.3 is 34.7 Å². The number of piperidine rings is 1. The van der Waals surface area contributed by atoms with Crippen molar-refractivity contribution in [1.82, 2.24) is 14.0 Å². The number of aromatic hydroxyl groups is 1. The lowest BCUT2D eigenvalue weighted by atomic mass is 10.0. The number of primary amides is 1. The summed E-state index contributed by atoms with van der Waals surface area (Å²) < 4.78 is 39.0. The van der Waals surface area contributed by atoms with Gasteiger partial charge in [0.1, 0.15) is 17.1 Å². The number of anilines is 1. The summed E-state index contributed by atoms with van der Waals surface area (Å²) in [4.78, 5) is 40.0. The molecule has 2 aliphatic rings. The number of carbonyl (C=O) groups is 2. The lowest BCUT2D eigenvalue weighted by molar-refractivity contribution is 0.0694. The Bertz CT molecular complexity index is 1970. The minimum absolute atomic E-state index is 0.0101. The molecule has 0 bridgehead atoms. The number of fused-ring (bicyclic) bond motifs is 2. The van der Waals surface area contributed by atoms with Gasteiger partial charge in [0.15, 0.2) is 17.3 Å². The normalized spacial score (nSPS) is 17.1. The first-order valence-corrected chi connectivity index (χ1v) is 14.9. The third-order valence-electron chi connectivity index (χ3n) is 8.81. The van der Waals surface area contributed by atoms with Crippen LogP contribution in [-0.4, -0.2) is 76.1 Å². The molecule has 1 atom stereocenters. The number of urea groups is 1. The zero-order valence-corrected chi connectivity index (χ0v) is 25.2. The van der Waals surface area contributed by atoms with Gasteiger partial charge in [0.2, 0.25) is 11.3 Å². The number of amides is 2. The first-order valence-electron chi connectivity index (χ1n) is 14.9. The maximum Gasteiger partial charge on any atom is 0.356 e. The van der Waals surface area contributed by atoms with Gasteiger partial charge in [-0.3, -0.25) is 9.69 Å². The third kappa shape index (κ3) is 5.50. The Morgan fingerprint density at radius 1 is 1.17 bits per heavy atom. The number of benzene rings is 2. The van der Waals surface area contributed by atoms with Crippen LogP contribution in [0.5, 0.6) is 11.6 Å². The number of nitrogens with zero attached hydrogens (tertiary/aromatic N) is 6. The molecule has 6 rings (SSSR count). The van der Waals surface area contributed by atoms with E-state index in [0.717, 1.165) is 31.7 Å². The van der Waals surface area contributed by atoms with E-state index >= 15 is 4.39 Å². The second-order valence-corrected chi connectivity index (χ2v) is 11.7. The topological polar surface area (TPSA) is 168 Å². The van der Waals surface area contributed by atoms with E-state index in [1.165, 1.54) is 31.5 Å². The highest BCUT2D eigenvalue weighted by atomic mass is 19.1. The molecule has 4 N–H and O–H groups in total. The Kier molecular flexibility index (Phi) is 8.10. The van der Waals surface area contributed by atoms with Crippen LogP contribution in [0.3, 0.4) is 0 Å². The van der Waals surface area contributed by atoms with Crippen molar-refractivity contribution < 1.29 is 33.3 Å². The van der Waals surface area contributed by atoms with Crippen molar-refractivity contribution in [3.8, 4) is 11.6 Å². The lowest BCUT2D eigenvalue weighted by Gasteiger charge is -2.39. The maximum absolute atomic E-state index is 15.9. The van der Waals surface area contributed by atoms with Crippen molar-refractivity contribution in [3.05, 3.63) is 57.9 Å². The molecule has 0 spiro atoms. The SMILES string of the molecule is COc1c(N2CCCC(N(C)CCn3c(O)c(N=NC(N)=O)c4cc(F)ccc43)C2)c(F)cc2c(=O)c(C(=O)O)cn(C3CC3)c12. The van der Waals surface area contributed by atoms with E-state index in [4.69, 9.17) is 10.5 Å².